The van der Waals surface area contributed by atoms with Crippen molar-refractivity contribution in [3.63, 3.8) is 0 Å². The number of piperazine rings is 1. The number of methoxy groups -OCH3 is 1. The highest BCUT2D eigenvalue weighted by Gasteiger charge is 2.37. The molecule has 122 valence electrons. The van der Waals surface area contributed by atoms with Crippen molar-refractivity contribution in [2.45, 2.75) is 19.4 Å². The number of nitrogens with one attached hydrogen (secondary N) is 2. The molecular weight excluding hydrogens is 272 g/mol. The standard InChI is InChI=1S/C14H28N4O3/c1-14(2,18-8-5-15-6-9-18)13(20)17(3)11-12(19)16-7-10-21-4/h15H,5-11H2,1-4H3,(H,16,19). The summed E-state index contributed by atoms with van der Waals surface area (Å²) in [6.07, 6.45) is 0. The minimum Gasteiger partial charge on any atom is -0.383 e. The van der Waals surface area contributed by atoms with E-state index in [0.29, 0.717) is 13.2 Å². The zero-order valence-electron chi connectivity index (χ0n) is 13.6. The summed E-state index contributed by atoms with van der Waals surface area (Å²) in [4.78, 5) is 28.0. The van der Waals surface area contributed by atoms with Crippen molar-refractivity contribution in [2.24, 2.45) is 0 Å². The van der Waals surface area contributed by atoms with Gasteiger partial charge in [0.2, 0.25) is 11.8 Å². The molecule has 1 aliphatic rings. The Balaban J connectivity index is 2.49. The predicted molar refractivity (Wildman–Crippen MR) is 81.0 cm³/mol. The van der Waals surface area contributed by atoms with E-state index < -0.39 is 5.54 Å². The van der Waals surface area contributed by atoms with Gasteiger partial charge in [-0.05, 0) is 13.8 Å². The number of hydrogen-bond donors (Lipinski definition) is 2. The largest absolute Gasteiger partial charge is 0.383 e. The fourth-order valence-electron chi connectivity index (χ4n) is 2.46. The SMILES string of the molecule is COCCNC(=O)CN(C)C(=O)C(C)(C)N1CCNCC1. The molecule has 1 fully saturated rings. The quantitative estimate of drug-likeness (QED) is 0.583. The highest BCUT2D eigenvalue weighted by atomic mass is 16.5. The molecule has 1 rings (SSSR count). The Hall–Kier alpha value is -1.18. The molecule has 0 spiro atoms. The van der Waals surface area contributed by atoms with Crippen molar-refractivity contribution in [3.8, 4) is 0 Å². The molecule has 7 nitrogen and oxygen atoms in total. The second kappa shape index (κ2) is 8.31. The lowest BCUT2D eigenvalue weighted by Gasteiger charge is -2.41. The molecule has 2 N–H and O–H groups in total. The van der Waals surface area contributed by atoms with E-state index in [9.17, 15) is 9.59 Å². The van der Waals surface area contributed by atoms with Crippen LogP contribution in [0.3, 0.4) is 0 Å². The van der Waals surface area contributed by atoms with Gasteiger partial charge >= 0.3 is 0 Å². The summed E-state index contributed by atoms with van der Waals surface area (Å²) in [6, 6.07) is 0. The first-order valence-corrected chi connectivity index (χ1v) is 7.36. The molecule has 1 heterocycles. The lowest BCUT2D eigenvalue weighted by Crippen LogP contribution is -2.60. The number of hydrogen-bond acceptors (Lipinski definition) is 5. The van der Waals surface area contributed by atoms with E-state index in [-0.39, 0.29) is 18.4 Å². The molecule has 1 saturated heterocycles. The third-order valence-electron chi connectivity index (χ3n) is 3.79. The zero-order chi connectivity index (χ0) is 15.9. The Kier molecular flexibility index (Phi) is 7.07. The van der Waals surface area contributed by atoms with E-state index in [1.807, 2.05) is 13.8 Å². The summed E-state index contributed by atoms with van der Waals surface area (Å²) < 4.78 is 4.87. The second-order valence-electron chi connectivity index (χ2n) is 5.80. The van der Waals surface area contributed by atoms with Crippen molar-refractivity contribution in [3.05, 3.63) is 0 Å². The van der Waals surface area contributed by atoms with Crippen LogP contribution < -0.4 is 10.6 Å². The number of amides is 2. The fraction of sp³-hybridized carbons (Fsp3) is 0.857. The van der Waals surface area contributed by atoms with Gasteiger partial charge in [-0.15, -0.1) is 0 Å². The first-order valence-electron chi connectivity index (χ1n) is 7.36. The van der Waals surface area contributed by atoms with Crippen LogP contribution in [0.4, 0.5) is 0 Å². The van der Waals surface area contributed by atoms with Crippen molar-refractivity contribution < 1.29 is 14.3 Å². The Labute approximate surface area is 127 Å². The number of likely N-dealkylation sites (N-methyl/N-ethyl adjacent to an activating group) is 1. The van der Waals surface area contributed by atoms with Crippen molar-refractivity contribution in [1.29, 1.82) is 0 Å². The van der Waals surface area contributed by atoms with E-state index in [1.165, 1.54) is 4.90 Å². The van der Waals surface area contributed by atoms with Gasteiger partial charge in [-0.1, -0.05) is 0 Å². The molecule has 0 aliphatic carbocycles. The zero-order valence-corrected chi connectivity index (χ0v) is 13.6. The van der Waals surface area contributed by atoms with E-state index in [2.05, 4.69) is 15.5 Å². The molecule has 1 aliphatic heterocycles. The molecule has 0 radical (unpaired) electrons. The van der Waals surface area contributed by atoms with Crippen molar-refractivity contribution >= 4 is 11.8 Å². The molecule has 21 heavy (non-hydrogen) atoms. The van der Waals surface area contributed by atoms with Gasteiger partial charge in [-0.25, -0.2) is 0 Å². The maximum atomic E-state index is 12.6. The first-order chi connectivity index (χ1) is 9.89. The second-order valence-corrected chi connectivity index (χ2v) is 5.80. The fourth-order valence-corrected chi connectivity index (χ4v) is 2.46. The minimum atomic E-state index is -0.594. The highest BCUT2D eigenvalue weighted by Crippen LogP contribution is 2.17. The summed E-state index contributed by atoms with van der Waals surface area (Å²) >= 11 is 0. The van der Waals surface area contributed by atoms with Crippen LogP contribution in [0.2, 0.25) is 0 Å². The lowest BCUT2D eigenvalue weighted by atomic mass is 9.99. The number of carbonyl (C=O) groups is 2. The topological polar surface area (TPSA) is 73.9 Å². The van der Waals surface area contributed by atoms with Crippen molar-refractivity contribution in [2.75, 3.05) is 60.0 Å². The van der Waals surface area contributed by atoms with Crippen molar-refractivity contribution in [1.82, 2.24) is 20.4 Å². The molecular formula is C14H28N4O3. The molecule has 0 saturated carbocycles. The molecule has 0 aromatic heterocycles. The van der Waals surface area contributed by atoms with E-state index >= 15 is 0 Å². The van der Waals surface area contributed by atoms with Crippen LogP contribution in [0.1, 0.15) is 13.8 Å². The molecule has 7 heteroatoms. The highest BCUT2D eigenvalue weighted by molar-refractivity contribution is 5.89. The van der Waals surface area contributed by atoms with Gasteiger partial charge in [0.15, 0.2) is 0 Å². The van der Waals surface area contributed by atoms with Gasteiger partial charge in [0, 0.05) is 46.9 Å². The Morgan fingerprint density at radius 2 is 1.95 bits per heavy atom. The van der Waals surface area contributed by atoms with Crippen LogP contribution in [0.5, 0.6) is 0 Å². The summed E-state index contributed by atoms with van der Waals surface area (Å²) in [6.45, 7) is 8.28. The van der Waals surface area contributed by atoms with Gasteiger partial charge in [-0.2, -0.15) is 0 Å². The van der Waals surface area contributed by atoms with Crippen LogP contribution in [0.15, 0.2) is 0 Å². The maximum absolute atomic E-state index is 12.6. The Morgan fingerprint density at radius 3 is 2.52 bits per heavy atom. The molecule has 2 amide bonds. The summed E-state index contributed by atoms with van der Waals surface area (Å²) in [5.74, 6) is -0.203. The van der Waals surface area contributed by atoms with Crippen LogP contribution in [0.25, 0.3) is 0 Å². The monoisotopic (exact) mass is 300 g/mol. The van der Waals surface area contributed by atoms with E-state index in [4.69, 9.17) is 4.74 Å². The van der Waals surface area contributed by atoms with Gasteiger partial charge in [0.25, 0.3) is 0 Å². The number of nitrogens with zero attached hydrogens (tertiary/aromatic N) is 2. The third kappa shape index (κ3) is 5.26. The van der Waals surface area contributed by atoms with Crippen LogP contribution in [-0.2, 0) is 14.3 Å². The average Bonchev–Trinajstić information content (AvgIpc) is 2.47. The molecule has 0 unspecified atom stereocenters. The molecule has 0 bridgehead atoms. The predicted octanol–water partition coefficient (Wildman–Crippen LogP) is -1.11. The molecule has 0 aromatic carbocycles. The van der Waals surface area contributed by atoms with Crippen LogP contribution >= 0.6 is 0 Å². The Bertz CT molecular complexity index is 354. The summed E-state index contributed by atoms with van der Waals surface area (Å²) in [5, 5.41) is 5.99. The molecule has 0 aromatic rings. The minimum absolute atomic E-state index is 0.0358. The number of carbonyl (C=O) groups excluding carboxylic acids is 2. The van der Waals surface area contributed by atoms with Gasteiger partial charge < -0.3 is 20.3 Å². The van der Waals surface area contributed by atoms with Gasteiger partial charge in [-0.3, -0.25) is 14.5 Å². The van der Waals surface area contributed by atoms with Crippen LogP contribution in [0, 0.1) is 0 Å². The normalized spacial score (nSPS) is 16.6. The lowest BCUT2D eigenvalue weighted by molar-refractivity contribution is -0.144. The third-order valence-corrected chi connectivity index (χ3v) is 3.79. The number of ether oxygens (including phenoxy) is 1. The molecule has 0 atom stereocenters. The van der Waals surface area contributed by atoms with E-state index in [1.54, 1.807) is 14.2 Å². The van der Waals surface area contributed by atoms with Gasteiger partial charge in [0.05, 0.1) is 18.7 Å². The maximum Gasteiger partial charge on any atom is 0.242 e. The summed E-state index contributed by atoms with van der Waals surface area (Å²) in [5.41, 5.74) is -0.594. The van der Waals surface area contributed by atoms with Crippen LogP contribution in [-0.4, -0.2) is 87.2 Å². The smallest absolute Gasteiger partial charge is 0.242 e. The first kappa shape index (κ1) is 17.9. The average molecular weight is 300 g/mol. The van der Waals surface area contributed by atoms with E-state index in [0.717, 1.165) is 26.2 Å². The Morgan fingerprint density at radius 1 is 1.33 bits per heavy atom. The summed E-state index contributed by atoms with van der Waals surface area (Å²) in [7, 11) is 3.25. The van der Waals surface area contributed by atoms with Gasteiger partial charge in [0.1, 0.15) is 0 Å². The number of rotatable bonds is 7.